The Morgan fingerprint density at radius 3 is 2.87 bits per heavy atom. The molecule has 1 aromatic carbocycles. The van der Waals surface area contributed by atoms with E-state index in [9.17, 15) is 9.18 Å². The standard InChI is InChI=1S/C22H19FN6O/c1-15-5-7-19(23)20(10-15)27-22(30)28(2)26-13-18-12-25-21-8-6-17(14-29(18)21)16-4-3-9-24-11-16/h3-14H,1-2H3,(H,27,30)/b26-13+. The van der Waals surface area contributed by atoms with Crippen LogP contribution in [0.5, 0.6) is 0 Å². The summed E-state index contributed by atoms with van der Waals surface area (Å²) in [6.45, 7) is 1.82. The maximum Gasteiger partial charge on any atom is 0.342 e. The van der Waals surface area contributed by atoms with Gasteiger partial charge in [-0.05, 0) is 42.8 Å². The van der Waals surface area contributed by atoms with Crippen molar-refractivity contribution >= 4 is 23.6 Å². The number of hydrogen-bond donors (Lipinski definition) is 1. The zero-order valence-corrected chi connectivity index (χ0v) is 16.5. The highest BCUT2D eigenvalue weighted by Gasteiger charge is 2.11. The third-order valence-corrected chi connectivity index (χ3v) is 4.55. The summed E-state index contributed by atoms with van der Waals surface area (Å²) in [7, 11) is 1.49. The molecular formula is C22H19FN6O. The lowest BCUT2D eigenvalue weighted by Crippen LogP contribution is -2.27. The minimum Gasteiger partial charge on any atom is -0.304 e. The van der Waals surface area contributed by atoms with Crippen molar-refractivity contribution < 1.29 is 9.18 Å². The maximum atomic E-state index is 13.9. The minimum atomic E-state index is -0.555. The number of aromatic nitrogens is 3. The molecule has 150 valence electrons. The van der Waals surface area contributed by atoms with E-state index in [1.165, 1.54) is 19.3 Å². The molecule has 0 spiro atoms. The summed E-state index contributed by atoms with van der Waals surface area (Å²) in [5.74, 6) is -0.504. The van der Waals surface area contributed by atoms with Gasteiger partial charge in [-0.15, -0.1) is 0 Å². The van der Waals surface area contributed by atoms with Gasteiger partial charge in [0.15, 0.2) is 0 Å². The van der Waals surface area contributed by atoms with Gasteiger partial charge in [0.25, 0.3) is 0 Å². The molecule has 0 unspecified atom stereocenters. The fraction of sp³-hybridized carbons (Fsp3) is 0.0909. The molecule has 0 fully saturated rings. The summed E-state index contributed by atoms with van der Waals surface area (Å²) >= 11 is 0. The number of imidazole rings is 1. The number of hydrazone groups is 1. The Hall–Kier alpha value is -4.07. The van der Waals surface area contributed by atoms with Crippen LogP contribution in [-0.4, -0.2) is 38.7 Å². The number of urea groups is 1. The number of pyridine rings is 2. The molecule has 4 rings (SSSR count). The third-order valence-electron chi connectivity index (χ3n) is 4.55. The molecule has 30 heavy (non-hydrogen) atoms. The molecule has 0 aliphatic rings. The average Bonchev–Trinajstić information content (AvgIpc) is 3.17. The van der Waals surface area contributed by atoms with E-state index in [2.05, 4.69) is 20.4 Å². The van der Waals surface area contributed by atoms with Crippen molar-refractivity contribution in [3.05, 3.63) is 84.3 Å². The lowest BCUT2D eigenvalue weighted by atomic mass is 10.1. The number of rotatable bonds is 4. The third kappa shape index (κ3) is 4.02. The monoisotopic (exact) mass is 402 g/mol. The number of anilines is 1. The van der Waals surface area contributed by atoms with Crippen molar-refractivity contribution in [3.63, 3.8) is 0 Å². The lowest BCUT2D eigenvalue weighted by molar-refractivity contribution is 0.224. The molecule has 1 N–H and O–H groups in total. The molecule has 0 aliphatic heterocycles. The van der Waals surface area contributed by atoms with Crippen LogP contribution < -0.4 is 5.32 Å². The number of hydrogen-bond acceptors (Lipinski definition) is 4. The molecule has 2 amide bonds. The van der Waals surface area contributed by atoms with Crippen molar-refractivity contribution in [1.29, 1.82) is 0 Å². The molecule has 0 bridgehead atoms. The highest BCUT2D eigenvalue weighted by atomic mass is 19.1. The average molecular weight is 402 g/mol. The molecule has 0 aliphatic carbocycles. The van der Waals surface area contributed by atoms with Gasteiger partial charge in [0.1, 0.15) is 11.5 Å². The summed E-state index contributed by atoms with van der Waals surface area (Å²) in [5, 5.41) is 7.79. The van der Waals surface area contributed by atoms with Crippen molar-refractivity contribution in [2.45, 2.75) is 6.92 Å². The zero-order chi connectivity index (χ0) is 21.1. The first-order chi connectivity index (χ1) is 14.5. The highest BCUT2D eigenvalue weighted by Crippen LogP contribution is 2.19. The van der Waals surface area contributed by atoms with Gasteiger partial charge >= 0.3 is 6.03 Å². The molecular weight excluding hydrogens is 383 g/mol. The van der Waals surface area contributed by atoms with Gasteiger partial charge in [0, 0.05) is 36.8 Å². The summed E-state index contributed by atoms with van der Waals surface area (Å²) in [6, 6.07) is 11.7. The number of amides is 2. The second kappa shape index (κ2) is 8.12. The number of halogens is 1. The van der Waals surface area contributed by atoms with Crippen LogP contribution in [-0.2, 0) is 0 Å². The second-order valence-electron chi connectivity index (χ2n) is 6.75. The number of aryl methyl sites for hydroxylation is 1. The molecule has 4 aromatic rings. The van der Waals surface area contributed by atoms with Gasteiger partial charge in [-0.3, -0.25) is 9.38 Å². The fourth-order valence-corrected chi connectivity index (χ4v) is 2.93. The van der Waals surface area contributed by atoms with Crippen LogP contribution in [0.2, 0.25) is 0 Å². The summed E-state index contributed by atoms with van der Waals surface area (Å²) in [6.07, 6.45) is 8.63. The Kier molecular flexibility index (Phi) is 5.21. The lowest BCUT2D eigenvalue weighted by Gasteiger charge is -2.13. The van der Waals surface area contributed by atoms with Crippen LogP contribution in [0.4, 0.5) is 14.9 Å². The zero-order valence-electron chi connectivity index (χ0n) is 16.5. The number of nitrogens with zero attached hydrogens (tertiary/aromatic N) is 5. The summed E-state index contributed by atoms with van der Waals surface area (Å²) in [5.41, 5.74) is 4.35. The molecule has 0 saturated carbocycles. The summed E-state index contributed by atoms with van der Waals surface area (Å²) < 4.78 is 15.7. The number of carbonyl (C=O) groups is 1. The van der Waals surface area contributed by atoms with Gasteiger partial charge in [-0.25, -0.2) is 19.2 Å². The van der Waals surface area contributed by atoms with Gasteiger partial charge in [0.2, 0.25) is 0 Å². The first kappa shape index (κ1) is 19.3. The summed E-state index contributed by atoms with van der Waals surface area (Å²) in [4.78, 5) is 20.8. The van der Waals surface area contributed by atoms with E-state index in [1.54, 1.807) is 30.7 Å². The molecule has 0 atom stereocenters. The molecule has 7 nitrogen and oxygen atoms in total. The second-order valence-corrected chi connectivity index (χ2v) is 6.75. The van der Waals surface area contributed by atoms with E-state index in [0.717, 1.165) is 27.3 Å². The molecule has 0 saturated heterocycles. The van der Waals surface area contributed by atoms with E-state index in [4.69, 9.17) is 0 Å². The normalized spacial score (nSPS) is 11.2. The molecule has 3 heterocycles. The van der Waals surface area contributed by atoms with E-state index in [0.29, 0.717) is 5.69 Å². The number of benzene rings is 1. The van der Waals surface area contributed by atoms with Crippen LogP contribution in [0.25, 0.3) is 16.8 Å². The smallest absolute Gasteiger partial charge is 0.304 e. The first-order valence-corrected chi connectivity index (χ1v) is 9.23. The Morgan fingerprint density at radius 2 is 2.07 bits per heavy atom. The first-order valence-electron chi connectivity index (χ1n) is 9.23. The van der Waals surface area contributed by atoms with Gasteiger partial charge in [-0.1, -0.05) is 12.1 Å². The maximum absolute atomic E-state index is 13.9. The quantitative estimate of drug-likeness (QED) is 0.408. The number of nitrogens with one attached hydrogen (secondary N) is 1. The van der Waals surface area contributed by atoms with E-state index in [1.807, 2.05) is 41.8 Å². The van der Waals surface area contributed by atoms with Crippen LogP contribution in [0.3, 0.4) is 0 Å². The number of carbonyl (C=O) groups excluding carboxylic acids is 1. The molecule has 8 heteroatoms. The Morgan fingerprint density at radius 1 is 1.20 bits per heavy atom. The fourth-order valence-electron chi connectivity index (χ4n) is 2.93. The van der Waals surface area contributed by atoms with Crippen LogP contribution in [0, 0.1) is 12.7 Å². The van der Waals surface area contributed by atoms with E-state index < -0.39 is 11.8 Å². The van der Waals surface area contributed by atoms with Crippen molar-refractivity contribution in [2.24, 2.45) is 5.10 Å². The van der Waals surface area contributed by atoms with Gasteiger partial charge < -0.3 is 5.32 Å². The Bertz CT molecular complexity index is 1240. The van der Waals surface area contributed by atoms with Crippen LogP contribution in [0.1, 0.15) is 11.3 Å². The highest BCUT2D eigenvalue weighted by molar-refractivity contribution is 5.90. The number of fused-ring (bicyclic) bond motifs is 1. The van der Waals surface area contributed by atoms with E-state index >= 15 is 0 Å². The molecule has 0 radical (unpaired) electrons. The largest absolute Gasteiger partial charge is 0.342 e. The van der Waals surface area contributed by atoms with Gasteiger partial charge in [0.05, 0.1) is 23.8 Å². The topological polar surface area (TPSA) is 74.9 Å². The molecule has 3 aromatic heterocycles. The van der Waals surface area contributed by atoms with Crippen molar-refractivity contribution in [2.75, 3.05) is 12.4 Å². The van der Waals surface area contributed by atoms with Crippen molar-refractivity contribution in [3.8, 4) is 11.1 Å². The minimum absolute atomic E-state index is 0.109. The predicted molar refractivity (Wildman–Crippen MR) is 114 cm³/mol. The van der Waals surface area contributed by atoms with E-state index in [-0.39, 0.29) is 5.69 Å². The Balaban J connectivity index is 1.54. The van der Waals surface area contributed by atoms with Crippen LogP contribution >= 0.6 is 0 Å². The SMILES string of the molecule is Cc1ccc(F)c(NC(=O)N(C)/N=C/c2cnc3ccc(-c4cccnc4)cn23)c1. The van der Waals surface area contributed by atoms with Gasteiger partial charge in [-0.2, -0.15) is 5.10 Å². The Labute approximate surface area is 172 Å². The van der Waals surface area contributed by atoms with Crippen LogP contribution in [0.15, 0.2) is 72.4 Å². The van der Waals surface area contributed by atoms with Crippen molar-refractivity contribution in [1.82, 2.24) is 19.4 Å². The predicted octanol–water partition coefficient (Wildman–Crippen LogP) is 4.34.